The molecule has 0 aliphatic heterocycles. The van der Waals surface area contributed by atoms with Crippen LogP contribution in [-0.2, 0) is 4.43 Å². The topological polar surface area (TPSA) is 9.23 Å². The molecule has 0 fully saturated rings. The van der Waals surface area contributed by atoms with Gasteiger partial charge in [-0.05, 0) is 13.3 Å². The van der Waals surface area contributed by atoms with E-state index in [0.29, 0.717) is 6.10 Å². The van der Waals surface area contributed by atoms with E-state index >= 15 is 0 Å². The Kier molecular flexibility index (Phi) is 3.47. The van der Waals surface area contributed by atoms with Crippen molar-refractivity contribution in [1.82, 2.24) is 0 Å². The van der Waals surface area contributed by atoms with Crippen LogP contribution in [0.15, 0.2) is 0 Å². The van der Waals surface area contributed by atoms with E-state index in [0.717, 1.165) is 6.42 Å². The molecule has 0 aliphatic carbocycles. The molecule has 1 atom stereocenters. The number of rotatable bonds is 2. The molecule has 0 aromatic carbocycles. The first kappa shape index (κ1) is 6.18. The molecule has 0 aromatic rings. The Bertz CT molecular complexity index is 26.7. The maximum absolute atomic E-state index is 4.93. The van der Waals surface area contributed by atoms with Gasteiger partial charge in [0.1, 0.15) is 0 Å². The molecule has 0 heterocycles. The van der Waals surface area contributed by atoms with Crippen molar-refractivity contribution < 1.29 is 4.43 Å². The molecule has 1 radical (unpaired) electrons. The van der Waals surface area contributed by atoms with Crippen LogP contribution in [0.5, 0.6) is 0 Å². The van der Waals surface area contributed by atoms with Crippen LogP contribution in [0.1, 0.15) is 20.3 Å². The van der Waals surface area contributed by atoms with Crippen LogP contribution in [0, 0.1) is 0 Å². The van der Waals surface area contributed by atoms with Crippen molar-refractivity contribution >= 4 is 10.5 Å². The summed E-state index contributed by atoms with van der Waals surface area (Å²) in [7, 11) is 1.56. The summed E-state index contributed by atoms with van der Waals surface area (Å²) in [5, 5.41) is 0. The lowest BCUT2D eigenvalue weighted by molar-refractivity contribution is 0.239. The molecule has 0 rings (SSSR count). The molecule has 0 spiro atoms. The molecule has 1 unspecified atom stereocenters. The van der Waals surface area contributed by atoms with Crippen LogP contribution in [0.3, 0.4) is 0 Å². The monoisotopic (exact) mass is 103 g/mol. The third-order valence-electron chi connectivity index (χ3n) is 0.859. The predicted octanol–water partition coefficient (Wildman–Crippen LogP) is 0.350. The van der Waals surface area contributed by atoms with Crippen LogP contribution >= 0.6 is 0 Å². The first-order chi connectivity index (χ1) is 2.81. The molecular formula is C4H11OSi. The van der Waals surface area contributed by atoms with Gasteiger partial charge in [-0.1, -0.05) is 6.92 Å². The fraction of sp³-hybridized carbons (Fsp3) is 1.00. The van der Waals surface area contributed by atoms with Gasteiger partial charge in [-0.3, -0.25) is 0 Å². The van der Waals surface area contributed by atoms with Gasteiger partial charge in [-0.2, -0.15) is 0 Å². The Morgan fingerprint density at radius 1 is 1.83 bits per heavy atom. The highest BCUT2D eigenvalue weighted by Gasteiger charge is 1.87. The lowest BCUT2D eigenvalue weighted by Gasteiger charge is -2.02. The first-order valence-corrected chi connectivity index (χ1v) is 2.79. The summed E-state index contributed by atoms with van der Waals surface area (Å²) in [5.74, 6) is 0. The third kappa shape index (κ3) is 2.42. The smallest absolute Gasteiger partial charge is 0.175 e. The van der Waals surface area contributed by atoms with Crippen LogP contribution < -0.4 is 0 Å². The average Bonchev–Trinajstić information content (AvgIpc) is 1.65. The van der Waals surface area contributed by atoms with Gasteiger partial charge in [0, 0.05) is 6.10 Å². The maximum atomic E-state index is 4.93. The van der Waals surface area contributed by atoms with Gasteiger partial charge in [0.15, 0.2) is 10.5 Å². The zero-order valence-electron chi connectivity index (χ0n) is 4.40. The average molecular weight is 103 g/mol. The van der Waals surface area contributed by atoms with Gasteiger partial charge in [0.05, 0.1) is 0 Å². The minimum Gasteiger partial charge on any atom is -0.422 e. The van der Waals surface area contributed by atoms with Gasteiger partial charge in [0.2, 0.25) is 0 Å². The molecule has 0 bridgehead atoms. The number of hydrogen-bond acceptors (Lipinski definition) is 1. The molecule has 0 aromatic heterocycles. The number of hydrogen-bond donors (Lipinski definition) is 0. The normalized spacial score (nSPS) is 14.5. The van der Waals surface area contributed by atoms with Crippen LogP contribution in [0.2, 0.25) is 0 Å². The summed E-state index contributed by atoms with van der Waals surface area (Å²) >= 11 is 0. The van der Waals surface area contributed by atoms with Crippen LogP contribution in [0.25, 0.3) is 0 Å². The summed E-state index contributed by atoms with van der Waals surface area (Å²) in [6.45, 7) is 4.17. The molecule has 0 amide bonds. The highest BCUT2D eigenvalue weighted by molar-refractivity contribution is 5.98. The van der Waals surface area contributed by atoms with Crippen molar-refractivity contribution in [2.75, 3.05) is 0 Å². The van der Waals surface area contributed by atoms with Gasteiger partial charge >= 0.3 is 0 Å². The third-order valence-corrected chi connectivity index (χ3v) is 1.43. The van der Waals surface area contributed by atoms with E-state index in [2.05, 4.69) is 13.8 Å². The van der Waals surface area contributed by atoms with Gasteiger partial charge in [-0.25, -0.2) is 0 Å². The largest absolute Gasteiger partial charge is 0.422 e. The summed E-state index contributed by atoms with van der Waals surface area (Å²) in [6.07, 6.45) is 1.56. The Labute approximate surface area is 42.2 Å². The van der Waals surface area contributed by atoms with E-state index in [9.17, 15) is 0 Å². The summed E-state index contributed by atoms with van der Waals surface area (Å²) < 4.78 is 4.93. The van der Waals surface area contributed by atoms with E-state index in [-0.39, 0.29) is 0 Å². The highest BCUT2D eigenvalue weighted by Crippen LogP contribution is 1.89. The molecule has 1 nitrogen and oxygen atoms in total. The van der Waals surface area contributed by atoms with Crippen molar-refractivity contribution in [1.29, 1.82) is 0 Å². The van der Waals surface area contributed by atoms with E-state index in [1.165, 1.54) is 0 Å². The van der Waals surface area contributed by atoms with Gasteiger partial charge in [0.25, 0.3) is 0 Å². The van der Waals surface area contributed by atoms with Crippen molar-refractivity contribution in [2.45, 2.75) is 26.4 Å². The Morgan fingerprint density at radius 2 is 2.33 bits per heavy atom. The van der Waals surface area contributed by atoms with E-state index in [1.54, 1.807) is 10.5 Å². The highest BCUT2D eigenvalue weighted by atomic mass is 28.2. The lowest BCUT2D eigenvalue weighted by atomic mass is 10.3. The molecule has 0 saturated heterocycles. The SMILES string of the molecule is CCC(C)O[SiH2]. The summed E-state index contributed by atoms with van der Waals surface area (Å²) in [4.78, 5) is 0. The molecule has 6 heavy (non-hydrogen) atoms. The molecule has 0 aliphatic rings. The predicted molar refractivity (Wildman–Crippen MR) is 29.4 cm³/mol. The second kappa shape index (κ2) is 3.37. The Morgan fingerprint density at radius 3 is 2.33 bits per heavy atom. The second-order valence-corrected chi connectivity index (χ2v) is 1.72. The quantitative estimate of drug-likeness (QED) is 0.458. The molecular weight excluding hydrogens is 92.1 g/mol. The zero-order valence-corrected chi connectivity index (χ0v) is 5.81. The fourth-order valence-electron chi connectivity index (χ4n) is 0.118. The standard InChI is InChI=1S/C4H11OSi/c1-3-4(2)5-6/h4H,3,6H2,1-2H3. The van der Waals surface area contributed by atoms with E-state index in [1.807, 2.05) is 0 Å². The zero-order chi connectivity index (χ0) is 4.99. The second-order valence-electron chi connectivity index (χ2n) is 1.39. The van der Waals surface area contributed by atoms with Crippen LogP contribution in [0.4, 0.5) is 0 Å². The van der Waals surface area contributed by atoms with E-state index in [4.69, 9.17) is 4.43 Å². The van der Waals surface area contributed by atoms with Crippen molar-refractivity contribution in [3.05, 3.63) is 0 Å². The molecule has 2 heteroatoms. The Hall–Kier alpha value is 0.177. The van der Waals surface area contributed by atoms with Crippen LogP contribution in [-0.4, -0.2) is 16.6 Å². The van der Waals surface area contributed by atoms with E-state index < -0.39 is 0 Å². The lowest BCUT2D eigenvalue weighted by Crippen LogP contribution is -2.01. The molecule has 37 valence electrons. The minimum absolute atomic E-state index is 0.448. The first-order valence-electron chi connectivity index (χ1n) is 2.22. The minimum atomic E-state index is 0.448. The Balaban J connectivity index is 2.75. The maximum Gasteiger partial charge on any atom is 0.175 e. The summed E-state index contributed by atoms with van der Waals surface area (Å²) in [5.41, 5.74) is 0. The molecule has 0 N–H and O–H groups in total. The summed E-state index contributed by atoms with van der Waals surface area (Å²) in [6, 6.07) is 0. The van der Waals surface area contributed by atoms with Gasteiger partial charge < -0.3 is 4.43 Å². The van der Waals surface area contributed by atoms with Crippen molar-refractivity contribution in [2.24, 2.45) is 0 Å². The van der Waals surface area contributed by atoms with Crippen molar-refractivity contribution in [3.63, 3.8) is 0 Å². The fourth-order valence-corrected chi connectivity index (χ4v) is 0.354. The van der Waals surface area contributed by atoms with Gasteiger partial charge in [-0.15, -0.1) is 0 Å². The van der Waals surface area contributed by atoms with Crippen molar-refractivity contribution in [3.8, 4) is 0 Å². The molecule has 0 saturated carbocycles.